The molecule has 4 unspecified atom stereocenters. The smallest absolute Gasteiger partial charge is 0.407 e. The predicted octanol–water partition coefficient (Wildman–Crippen LogP) is 7.34. The minimum absolute atomic E-state index is 0.0243. The molecule has 0 bridgehead atoms. The molecular weight excluding hydrogens is 586 g/mol. The molecule has 9 nitrogen and oxygen atoms in total. The quantitative estimate of drug-likeness (QED) is 0.0594. The van der Waals surface area contributed by atoms with Gasteiger partial charge in [0.2, 0.25) is 0 Å². The van der Waals surface area contributed by atoms with Crippen molar-refractivity contribution in [2.75, 3.05) is 26.9 Å². The maximum atomic E-state index is 13.2. The summed E-state index contributed by atoms with van der Waals surface area (Å²) in [6.07, 6.45) is 10.9. The van der Waals surface area contributed by atoms with Crippen LogP contribution in [0.1, 0.15) is 126 Å². The number of carbonyl (C=O) groups excluding carboxylic acids is 3. The monoisotopic (exact) mass is 649 g/mol. The van der Waals surface area contributed by atoms with E-state index in [1.807, 2.05) is 13.8 Å². The highest BCUT2D eigenvalue weighted by atomic mass is 16.6. The van der Waals surface area contributed by atoms with Crippen molar-refractivity contribution in [3.8, 4) is 0 Å². The third-order valence-corrected chi connectivity index (χ3v) is 10.2. The Kier molecular flexibility index (Phi) is 15.0. The number of hydrogen-bond acceptors (Lipinski definition) is 8. The molecule has 2 saturated heterocycles. The first-order valence-corrected chi connectivity index (χ1v) is 17.9. The zero-order valence-electron chi connectivity index (χ0n) is 30.0. The van der Waals surface area contributed by atoms with E-state index in [0.29, 0.717) is 44.1 Å². The van der Waals surface area contributed by atoms with Gasteiger partial charge in [-0.05, 0) is 71.1 Å². The molecule has 9 heteroatoms. The van der Waals surface area contributed by atoms with E-state index in [-0.39, 0.29) is 66.3 Å². The van der Waals surface area contributed by atoms with Gasteiger partial charge < -0.3 is 29.0 Å². The van der Waals surface area contributed by atoms with Crippen LogP contribution in [0.25, 0.3) is 0 Å². The van der Waals surface area contributed by atoms with Gasteiger partial charge in [0.1, 0.15) is 29.2 Å². The molecule has 2 aliphatic heterocycles. The Balaban J connectivity index is 1.37. The number of rotatable bonds is 21. The lowest BCUT2D eigenvalue weighted by molar-refractivity contribution is -0.173. The Bertz CT molecular complexity index is 1020. The summed E-state index contributed by atoms with van der Waals surface area (Å²) < 4.78 is 29.9. The second-order valence-corrected chi connectivity index (χ2v) is 15.1. The number of ketones is 1. The number of methoxy groups -OCH3 is 1. The van der Waals surface area contributed by atoms with Gasteiger partial charge in [-0.3, -0.25) is 9.59 Å². The summed E-state index contributed by atoms with van der Waals surface area (Å²) in [7, 11) is 1.68. The molecule has 0 aromatic heterocycles. The highest BCUT2D eigenvalue weighted by Crippen LogP contribution is 2.59. The standard InChI is InChI=1S/C37H63NO8/c1-25(2)15-17-29(39)14-12-10-9-11-13-21-38-35(41)43-23-28(27(5)6)22-32(40)45-30-19-20-37(24-44-37)34(33(30)42-8)36(7)31(46-36)18-16-26(3)4/h16,25,27-28,30-31,33-34H,9-15,17-24H2,1-8H3,(H,38,41)/t28-,30?,31+,33?,34?,36?,37-/m0/s1. The first kappa shape index (κ1) is 38.5. The molecule has 0 aromatic carbocycles. The van der Waals surface area contributed by atoms with Crippen molar-refractivity contribution in [2.24, 2.45) is 23.7 Å². The third-order valence-electron chi connectivity index (χ3n) is 10.2. The molecule has 3 rings (SSSR count). The van der Waals surface area contributed by atoms with Gasteiger partial charge in [-0.25, -0.2) is 4.79 Å². The number of unbranched alkanes of at least 4 members (excludes halogenated alkanes) is 4. The second-order valence-electron chi connectivity index (χ2n) is 15.1. The van der Waals surface area contributed by atoms with Crippen LogP contribution < -0.4 is 5.32 Å². The molecule has 3 aliphatic rings. The molecule has 7 atom stereocenters. The average Bonchev–Trinajstić information content (AvgIpc) is 3.91. The van der Waals surface area contributed by atoms with Crippen LogP contribution in [0.2, 0.25) is 0 Å². The van der Waals surface area contributed by atoms with Gasteiger partial charge >= 0.3 is 12.1 Å². The van der Waals surface area contributed by atoms with Gasteiger partial charge in [0.05, 0.1) is 31.7 Å². The lowest BCUT2D eigenvalue weighted by Crippen LogP contribution is -2.55. The molecule has 1 saturated carbocycles. The molecule has 2 heterocycles. The summed E-state index contributed by atoms with van der Waals surface area (Å²) in [4.78, 5) is 37.5. The maximum Gasteiger partial charge on any atom is 0.407 e. The van der Waals surface area contributed by atoms with Gasteiger partial charge in [-0.2, -0.15) is 0 Å². The number of Topliss-reactive ketones (excluding diaryl/α,β-unsaturated/α-hetero) is 1. The summed E-state index contributed by atoms with van der Waals surface area (Å²) in [5.41, 5.74) is 0.607. The second kappa shape index (κ2) is 18.0. The first-order valence-electron chi connectivity index (χ1n) is 17.9. The molecule has 1 spiro atoms. The molecule has 264 valence electrons. The Hall–Kier alpha value is -1.97. The maximum absolute atomic E-state index is 13.2. The van der Waals surface area contributed by atoms with Crippen LogP contribution >= 0.6 is 0 Å². The Morgan fingerprint density at radius 1 is 1.02 bits per heavy atom. The number of esters is 1. The van der Waals surface area contributed by atoms with E-state index in [1.165, 1.54) is 5.57 Å². The van der Waals surface area contributed by atoms with Gasteiger partial charge in [0, 0.05) is 32.4 Å². The van der Waals surface area contributed by atoms with Crippen molar-refractivity contribution < 1.29 is 38.1 Å². The van der Waals surface area contributed by atoms with E-state index in [0.717, 1.165) is 51.4 Å². The highest BCUT2D eigenvalue weighted by Gasteiger charge is 2.72. The van der Waals surface area contributed by atoms with E-state index in [4.69, 9.17) is 23.7 Å². The van der Waals surface area contributed by atoms with Crippen LogP contribution in [-0.2, 0) is 33.3 Å². The molecule has 3 fully saturated rings. The Morgan fingerprint density at radius 2 is 1.72 bits per heavy atom. The summed E-state index contributed by atoms with van der Waals surface area (Å²) in [5, 5.41) is 2.83. The minimum atomic E-state index is -0.459. The number of hydrogen-bond donors (Lipinski definition) is 1. The number of ether oxygens (including phenoxy) is 5. The molecule has 0 radical (unpaired) electrons. The van der Waals surface area contributed by atoms with Crippen molar-refractivity contribution in [3.05, 3.63) is 11.6 Å². The zero-order chi connectivity index (χ0) is 33.9. The van der Waals surface area contributed by atoms with Crippen LogP contribution in [0.4, 0.5) is 4.79 Å². The molecular formula is C37H63NO8. The molecule has 1 aliphatic carbocycles. The lowest BCUT2D eigenvalue weighted by atomic mass is 9.68. The third kappa shape index (κ3) is 11.6. The summed E-state index contributed by atoms with van der Waals surface area (Å²) in [6, 6.07) is 0. The largest absolute Gasteiger partial charge is 0.460 e. The normalized spacial score (nSPS) is 29.0. The minimum Gasteiger partial charge on any atom is -0.460 e. The van der Waals surface area contributed by atoms with E-state index in [9.17, 15) is 14.4 Å². The molecule has 1 amide bonds. The van der Waals surface area contributed by atoms with E-state index in [2.05, 4.69) is 46.0 Å². The van der Waals surface area contributed by atoms with E-state index < -0.39 is 6.09 Å². The van der Waals surface area contributed by atoms with Crippen LogP contribution in [0.15, 0.2) is 11.6 Å². The van der Waals surface area contributed by atoms with Gasteiger partial charge in [0.15, 0.2) is 0 Å². The number of allylic oxidation sites excluding steroid dienone is 1. The Morgan fingerprint density at radius 3 is 2.35 bits per heavy atom. The number of alkyl carbamates (subject to hydrolysis) is 1. The summed E-state index contributed by atoms with van der Waals surface area (Å²) in [5.74, 6) is 0.598. The number of nitrogens with one attached hydrogen (secondary N) is 1. The van der Waals surface area contributed by atoms with Crippen LogP contribution in [0.5, 0.6) is 0 Å². The van der Waals surface area contributed by atoms with Gasteiger partial charge in [-0.1, -0.05) is 58.6 Å². The number of epoxide rings is 2. The lowest BCUT2D eigenvalue weighted by Gasteiger charge is -2.42. The van der Waals surface area contributed by atoms with E-state index >= 15 is 0 Å². The van der Waals surface area contributed by atoms with Crippen molar-refractivity contribution in [1.29, 1.82) is 0 Å². The van der Waals surface area contributed by atoms with Crippen LogP contribution in [-0.4, -0.2) is 74.2 Å². The number of carbonyl (C=O) groups is 3. The van der Waals surface area contributed by atoms with E-state index in [1.54, 1.807) is 7.11 Å². The van der Waals surface area contributed by atoms with Crippen molar-refractivity contribution in [2.45, 2.75) is 155 Å². The fraction of sp³-hybridized carbons (Fsp3) is 0.865. The molecule has 0 aromatic rings. The fourth-order valence-corrected chi connectivity index (χ4v) is 6.96. The molecule has 46 heavy (non-hydrogen) atoms. The van der Waals surface area contributed by atoms with Gasteiger partial charge in [0.25, 0.3) is 0 Å². The molecule has 1 N–H and O–H groups in total. The van der Waals surface area contributed by atoms with Gasteiger partial charge in [-0.15, -0.1) is 0 Å². The van der Waals surface area contributed by atoms with Crippen molar-refractivity contribution in [3.63, 3.8) is 0 Å². The summed E-state index contributed by atoms with van der Waals surface area (Å²) >= 11 is 0. The van der Waals surface area contributed by atoms with Crippen molar-refractivity contribution in [1.82, 2.24) is 5.32 Å². The summed E-state index contributed by atoms with van der Waals surface area (Å²) in [6.45, 7) is 16.0. The van der Waals surface area contributed by atoms with Crippen LogP contribution in [0.3, 0.4) is 0 Å². The predicted molar refractivity (Wildman–Crippen MR) is 178 cm³/mol. The fourth-order valence-electron chi connectivity index (χ4n) is 6.96. The number of amides is 1. The topological polar surface area (TPSA) is 116 Å². The van der Waals surface area contributed by atoms with Crippen molar-refractivity contribution >= 4 is 17.8 Å². The zero-order valence-corrected chi connectivity index (χ0v) is 30.0. The SMILES string of the molecule is COC1C(OC(=O)C[C@@H](COC(=O)NCCCCCCCC(=O)CCC(C)C)C(C)C)CC[C@]2(CO2)C1C1(C)O[C@@H]1CC=C(C)C. The van der Waals surface area contributed by atoms with Crippen LogP contribution in [0, 0.1) is 23.7 Å². The first-order chi connectivity index (χ1) is 21.8. The average molecular weight is 650 g/mol. The highest BCUT2D eigenvalue weighted by molar-refractivity contribution is 5.78. The Labute approximate surface area is 278 Å².